The van der Waals surface area contributed by atoms with E-state index in [1.165, 1.54) is 232 Å². The van der Waals surface area contributed by atoms with Crippen LogP contribution >= 0.6 is 0 Å². The van der Waals surface area contributed by atoms with Crippen molar-refractivity contribution in [2.24, 2.45) is 0 Å². The fraction of sp³-hybridized carbons (Fsp3) is 0.956. The molecule has 0 aliphatic heterocycles. The third-order valence-electron chi connectivity index (χ3n) is 10.2. The first kappa shape index (κ1) is 54.9. The van der Waals surface area contributed by atoms with Crippen LogP contribution < -0.4 is 56.5 Å². The molecule has 0 aromatic carbocycles. The first-order chi connectivity index (χ1) is 24.1. The van der Waals surface area contributed by atoms with Gasteiger partial charge in [-0.1, -0.05) is 245 Å². The summed E-state index contributed by atoms with van der Waals surface area (Å²) in [6.07, 6.45) is 52.6. The van der Waals surface area contributed by atoms with Crippen molar-refractivity contribution in [1.82, 2.24) is 0 Å². The summed E-state index contributed by atoms with van der Waals surface area (Å²) in [4.78, 5) is 21.2. The van der Waals surface area contributed by atoms with Gasteiger partial charge in [0.25, 0.3) is 0 Å². The van der Waals surface area contributed by atoms with Gasteiger partial charge < -0.3 is 14.6 Å². The van der Waals surface area contributed by atoms with Crippen molar-refractivity contribution in [3.05, 3.63) is 0 Å². The molecule has 0 saturated carbocycles. The van der Waals surface area contributed by atoms with E-state index >= 15 is 0 Å². The SMILES string of the molecule is CCCCCCCCCCCCCCCCCCCCCC(=O)OC.CCCCCCCCCCCCCCCCCCCCCC(=O)[O-].[K+]. The van der Waals surface area contributed by atoms with Gasteiger partial charge in [0.15, 0.2) is 0 Å². The van der Waals surface area contributed by atoms with Crippen LogP contribution in [0.1, 0.15) is 271 Å². The summed E-state index contributed by atoms with van der Waals surface area (Å²) >= 11 is 0. The fourth-order valence-electron chi connectivity index (χ4n) is 6.80. The van der Waals surface area contributed by atoms with Gasteiger partial charge in [-0.25, -0.2) is 0 Å². The van der Waals surface area contributed by atoms with Crippen molar-refractivity contribution in [2.45, 2.75) is 271 Å². The van der Waals surface area contributed by atoms with E-state index in [-0.39, 0.29) is 63.8 Å². The van der Waals surface area contributed by atoms with Gasteiger partial charge in [0.1, 0.15) is 0 Å². The molecule has 294 valence electrons. The zero-order chi connectivity index (χ0) is 36.1. The van der Waals surface area contributed by atoms with E-state index in [2.05, 4.69) is 18.6 Å². The molecule has 0 aromatic rings. The maximum absolute atomic E-state index is 11.0. The summed E-state index contributed by atoms with van der Waals surface area (Å²) in [7, 11) is 1.47. The molecule has 0 aliphatic rings. The number of aliphatic carboxylic acids is 1. The molecule has 50 heavy (non-hydrogen) atoms. The van der Waals surface area contributed by atoms with Crippen molar-refractivity contribution in [1.29, 1.82) is 0 Å². The third-order valence-corrected chi connectivity index (χ3v) is 10.2. The van der Waals surface area contributed by atoms with E-state index in [0.717, 1.165) is 19.3 Å². The minimum Gasteiger partial charge on any atom is -0.550 e. The van der Waals surface area contributed by atoms with Crippen molar-refractivity contribution >= 4 is 11.9 Å². The maximum atomic E-state index is 11.0. The average Bonchev–Trinajstić information content (AvgIpc) is 3.10. The largest absolute Gasteiger partial charge is 1.00 e. The third kappa shape index (κ3) is 55.3. The number of carbonyl (C=O) groups excluding carboxylic acids is 2. The summed E-state index contributed by atoms with van der Waals surface area (Å²) in [6.45, 7) is 4.57. The van der Waals surface area contributed by atoms with E-state index in [0.29, 0.717) is 6.42 Å². The molecular weight excluding hydrogens is 644 g/mol. The number of hydrogen-bond donors (Lipinski definition) is 0. The molecule has 0 N–H and O–H groups in total. The Morgan fingerprint density at radius 2 is 0.520 bits per heavy atom. The zero-order valence-electron chi connectivity index (χ0n) is 34.9. The maximum Gasteiger partial charge on any atom is 1.00 e. The van der Waals surface area contributed by atoms with Crippen LogP contribution in [0.15, 0.2) is 0 Å². The van der Waals surface area contributed by atoms with E-state index in [1.54, 1.807) is 0 Å². The van der Waals surface area contributed by atoms with E-state index < -0.39 is 5.97 Å². The molecule has 0 unspecified atom stereocenters. The van der Waals surface area contributed by atoms with Gasteiger partial charge in [-0.15, -0.1) is 0 Å². The molecule has 0 radical (unpaired) electrons. The molecule has 0 fully saturated rings. The second-order valence-corrected chi connectivity index (χ2v) is 15.2. The quantitative estimate of drug-likeness (QED) is 0.0357. The molecule has 0 amide bonds. The minimum atomic E-state index is -0.901. The van der Waals surface area contributed by atoms with Crippen LogP contribution in [0.3, 0.4) is 0 Å². The Bertz CT molecular complexity index is 626. The molecule has 0 atom stereocenters. The first-order valence-electron chi connectivity index (χ1n) is 22.3. The summed E-state index contributed by atoms with van der Waals surface area (Å²) in [5.74, 6) is -0.964. The molecule has 0 heterocycles. The molecule has 4 nitrogen and oxygen atoms in total. The zero-order valence-corrected chi connectivity index (χ0v) is 38.0. The summed E-state index contributed by atoms with van der Waals surface area (Å²) in [6, 6.07) is 0. The van der Waals surface area contributed by atoms with Crippen molar-refractivity contribution in [3.8, 4) is 0 Å². The van der Waals surface area contributed by atoms with Crippen LogP contribution in [0.2, 0.25) is 0 Å². The number of ether oxygens (including phenoxy) is 1. The smallest absolute Gasteiger partial charge is 0.550 e. The van der Waals surface area contributed by atoms with Crippen molar-refractivity contribution in [2.75, 3.05) is 7.11 Å². The van der Waals surface area contributed by atoms with Crippen LogP contribution in [-0.4, -0.2) is 19.0 Å². The Hall–Kier alpha value is 0.576. The van der Waals surface area contributed by atoms with Crippen LogP contribution in [0.4, 0.5) is 0 Å². The number of carbonyl (C=O) groups is 2. The summed E-state index contributed by atoms with van der Waals surface area (Å²) in [5, 5.41) is 10.3. The van der Waals surface area contributed by atoms with Crippen LogP contribution in [0.25, 0.3) is 0 Å². The molecule has 0 aromatic heterocycles. The van der Waals surface area contributed by atoms with E-state index in [4.69, 9.17) is 0 Å². The predicted molar refractivity (Wildman–Crippen MR) is 213 cm³/mol. The van der Waals surface area contributed by atoms with Gasteiger partial charge >= 0.3 is 57.4 Å². The van der Waals surface area contributed by atoms with Gasteiger partial charge in [0, 0.05) is 12.4 Å². The topological polar surface area (TPSA) is 66.4 Å². The molecule has 0 rings (SSSR count). The number of carboxylic acid groups (broad SMARTS) is 1. The van der Waals surface area contributed by atoms with Crippen LogP contribution in [0.5, 0.6) is 0 Å². The van der Waals surface area contributed by atoms with Gasteiger partial charge in [-0.05, 0) is 19.3 Å². The number of carboxylic acids is 1. The Morgan fingerprint density at radius 1 is 0.340 bits per heavy atom. The summed E-state index contributed by atoms with van der Waals surface area (Å²) in [5.41, 5.74) is 0. The molecular formula is C45H89KO4. The van der Waals surface area contributed by atoms with Crippen molar-refractivity contribution in [3.63, 3.8) is 0 Å². The van der Waals surface area contributed by atoms with E-state index in [1.807, 2.05) is 0 Å². The predicted octanol–water partition coefficient (Wildman–Crippen LogP) is 11.5. The molecule has 0 bridgehead atoms. The Balaban J connectivity index is -0.000000867. The molecule has 0 spiro atoms. The van der Waals surface area contributed by atoms with Crippen LogP contribution in [-0.2, 0) is 14.3 Å². The Labute approximate surface area is 357 Å². The van der Waals surface area contributed by atoms with Crippen LogP contribution in [0, 0.1) is 0 Å². The molecule has 0 saturated heterocycles. The number of methoxy groups -OCH3 is 1. The monoisotopic (exact) mass is 733 g/mol. The van der Waals surface area contributed by atoms with E-state index in [9.17, 15) is 14.7 Å². The second-order valence-electron chi connectivity index (χ2n) is 15.2. The molecule has 0 aliphatic carbocycles. The fourth-order valence-corrected chi connectivity index (χ4v) is 6.80. The van der Waals surface area contributed by atoms with Gasteiger partial charge in [-0.3, -0.25) is 4.79 Å². The number of hydrogen-bond acceptors (Lipinski definition) is 4. The number of esters is 1. The first-order valence-corrected chi connectivity index (χ1v) is 22.3. The standard InChI is InChI=1S/C23H46O2.C22H44O2.K/c1-3-4-5-6-7-8-9-10-11-12-13-14-15-16-17-18-19-20-21-22-23(24)25-2;1-2-3-4-5-6-7-8-9-10-11-12-13-14-15-16-17-18-19-20-21-22(23)24;/h3-22H2,1-2H3;2-21H2,1H3,(H,23,24);/q;;+1/p-1. The Morgan fingerprint density at radius 3 is 0.700 bits per heavy atom. The summed E-state index contributed by atoms with van der Waals surface area (Å²) < 4.78 is 4.65. The number of unbranched alkanes of at least 4 members (excludes halogenated alkanes) is 36. The number of rotatable bonds is 40. The average molecular weight is 733 g/mol. The van der Waals surface area contributed by atoms with Crippen molar-refractivity contribution < 1.29 is 70.8 Å². The molecule has 5 heteroatoms. The van der Waals surface area contributed by atoms with Gasteiger partial charge in [-0.2, -0.15) is 0 Å². The normalized spacial score (nSPS) is 10.8. The minimum absolute atomic E-state index is 0. The Kier molecular flexibility index (Phi) is 56.8. The van der Waals surface area contributed by atoms with Gasteiger partial charge in [0.05, 0.1) is 7.11 Å². The second kappa shape index (κ2) is 51.7. The van der Waals surface area contributed by atoms with Gasteiger partial charge in [0.2, 0.25) is 0 Å².